The number of hydrogen-bond donors (Lipinski definition) is 2. The molecule has 20 heavy (non-hydrogen) atoms. The third-order valence-electron chi connectivity index (χ3n) is 4.37. The van der Waals surface area contributed by atoms with Gasteiger partial charge in [-0.1, -0.05) is 40.0 Å². The Hall–Kier alpha value is -0.610. The maximum Gasteiger partial charge on any atom is 0.234 e. The van der Waals surface area contributed by atoms with E-state index in [2.05, 4.69) is 31.0 Å². The van der Waals surface area contributed by atoms with Gasteiger partial charge in [0, 0.05) is 18.6 Å². The molecule has 0 bridgehead atoms. The standard InChI is InChI=1S/C16H33N3O/c1-4-10-19(12-15(20)18-11-14(2)3)16(13-17)8-6-5-7-9-16/h14H,4-13,17H2,1-3H3,(H,18,20). The van der Waals surface area contributed by atoms with Crippen LogP contribution in [0, 0.1) is 5.92 Å². The minimum atomic E-state index is 0.0590. The largest absolute Gasteiger partial charge is 0.355 e. The molecule has 3 N–H and O–H groups in total. The monoisotopic (exact) mass is 283 g/mol. The molecule has 1 saturated carbocycles. The number of amides is 1. The van der Waals surface area contributed by atoms with E-state index in [0.717, 1.165) is 32.4 Å². The van der Waals surface area contributed by atoms with Gasteiger partial charge >= 0.3 is 0 Å². The molecule has 1 aliphatic carbocycles. The van der Waals surface area contributed by atoms with Gasteiger partial charge in [0.1, 0.15) is 0 Å². The normalized spacial score (nSPS) is 18.5. The van der Waals surface area contributed by atoms with Crippen molar-refractivity contribution in [2.45, 2.75) is 64.8 Å². The summed E-state index contributed by atoms with van der Waals surface area (Å²) in [5.41, 5.74) is 6.15. The molecule has 0 aromatic rings. The van der Waals surface area contributed by atoms with E-state index in [9.17, 15) is 4.79 Å². The first kappa shape index (κ1) is 17.4. The lowest BCUT2D eigenvalue weighted by Gasteiger charge is -2.45. The Balaban J connectivity index is 2.63. The molecule has 0 spiro atoms. The molecule has 118 valence electrons. The zero-order valence-corrected chi connectivity index (χ0v) is 13.6. The smallest absolute Gasteiger partial charge is 0.234 e. The Kier molecular flexibility index (Phi) is 7.52. The number of hydrogen-bond acceptors (Lipinski definition) is 3. The lowest BCUT2D eigenvalue weighted by atomic mass is 9.80. The molecular weight excluding hydrogens is 250 g/mol. The van der Waals surface area contributed by atoms with Crippen molar-refractivity contribution in [3.63, 3.8) is 0 Å². The second kappa shape index (κ2) is 8.63. The van der Waals surface area contributed by atoms with Gasteiger partial charge in [-0.25, -0.2) is 0 Å². The van der Waals surface area contributed by atoms with E-state index in [-0.39, 0.29) is 11.4 Å². The molecule has 0 aliphatic heterocycles. The van der Waals surface area contributed by atoms with Gasteiger partial charge in [0.2, 0.25) is 5.91 Å². The SMILES string of the molecule is CCCN(CC(=O)NCC(C)C)C1(CN)CCCCC1. The zero-order chi connectivity index (χ0) is 15.0. The first-order valence-electron chi connectivity index (χ1n) is 8.26. The molecule has 0 aromatic heterocycles. The predicted octanol–water partition coefficient (Wildman–Crippen LogP) is 2.13. The second-order valence-corrected chi connectivity index (χ2v) is 6.61. The first-order valence-corrected chi connectivity index (χ1v) is 8.26. The third kappa shape index (κ3) is 5.06. The van der Waals surface area contributed by atoms with Gasteiger partial charge in [-0.2, -0.15) is 0 Å². The molecule has 4 nitrogen and oxygen atoms in total. The molecule has 0 radical (unpaired) electrons. The summed E-state index contributed by atoms with van der Waals surface area (Å²) in [7, 11) is 0. The number of nitrogens with one attached hydrogen (secondary N) is 1. The van der Waals surface area contributed by atoms with Crippen LogP contribution in [-0.2, 0) is 4.79 Å². The number of nitrogens with zero attached hydrogens (tertiary/aromatic N) is 1. The Labute approximate surface area is 124 Å². The van der Waals surface area contributed by atoms with Gasteiger partial charge in [-0.3, -0.25) is 9.69 Å². The Bertz CT molecular complexity index is 285. The molecule has 0 aromatic carbocycles. The summed E-state index contributed by atoms with van der Waals surface area (Å²) in [6, 6.07) is 0. The minimum Gasteiger partial charge on any atom is -0.355 e. The molecule has 0 unspecified atom stereocenters. The van der Waals surface area contributed by atoms with E-state index < -0.39 is 0 Å². The predicted molar refractivity (Wildman–Crippen MR) is 84.6 cm³/mol. The highest BCUT2D eigenvalue weighted by atomic mass is 16.2. The summed E-state index contributed by atoms with van der Waals surface area (Å²) in [6.45, 7) is 9.30. The quantitative estimate of drug-likeness (QED) is 0.717. The van der Waals surface area contributed by atoms with Crippen molar-refractivity contribution in [2.24, 2.45) is 11.7 Å². The molecule has 0 atom stereocenters. The Morgan fingerprint density at radius 3 is 2.45 bits per heavy atom. The topological polar surface area (TPSA) is 58.4 Å². The van der Waals surface area contributed by atoms with Gasteiger partial charge in [0.25, 0.3) is 0 Å². The van der Waals surface area contributed by atoms with Crippen LogP contribution in [0.5, 0.6) is 0 Å². The highest BCUT2D eigenvalue weighted by Gasteiger charge is 2.37. The number of nitrogens with two attached hydrogens (primary N) is 1. The van der Waals surface area contributed by atoms with Crippen molar-refractivity contribution in [2.75, 3.05) is 26.2 Å². The van der Waals surface area contributed by atoms with Crippen LogP contribution < -0.4 is 11.1 Å². The van der Waals surface area contributed by atoms with Crippen LogP contribution >= 0.6 is 0 Å². The van der Waals surface area contributed by atoms with Crippen molar-refractivity contribution in [3.8, 4) is 0 Å². The third-order valence-corrected chi connectivity index (χ3v) is 4.37. The van der Waals surface area contributed by atoms with Crippen molar-refractivity contribution in [1.82, 2.24) is 10.2 Å². The van der Waals surface area contributed by atoms with E-state index in [1.165, 1.54) is 19.3 Å². The van der Waals surface area contributed by atoms with E-state index >= 15 is 0 Å². The van der Waals surface area contributed by atoms with E-state index in [0.29, 0.717) is 19.0 Å². The molecule has 0 heterocycles. The molecule has 1 amide bonds. The molecule has 1 aliphatic rings. The van der Waals surface area contributed by atoms with Crippen LogP contribution in [-0.4, -0.2) is 42.5 Å². The van der Waals surface area contributed by atoms with E-state index in [1.807, 2.05) is 0 Å². The summed E-state index contributed by atoms with van der Waals surface area (Å²) in [4.78, 5) is 14.5. The number of rotatable bonds is 8. The maximum absolute atomic E-state index is 12.1. The lowest BCUT2D eigenvalue weighted by Crippen LogP contribution is -2.57. The fourth-order valence-corrected chi connectivity index (χ4v) is 3.16. The van der Waals surface area contributed by atoms with Crippen molar-refractivity contribution >= 4 is 5.91 Å². The van der Waals surface area contributed by atoms with Crippen molar-refractivity contribution in [1.29, 1.82) is 0 Å². The highest BCUT2D eigenvalue weighted by molar-refractivity contribution is 5.78. The second-order valence-electron chi connectivity index (χ2n) is 6.61. The van der Waals surface area contributed by atoms with Crippen molar-refractivity contribution < 1.29 is 4.79 Å². The first-order chi connectivity index (χ1) is 9.54. The summed E-state index contributed by atoms with van der Waals surface area (Å²) in [5.74, 6) is 0.641. The fraction of sp³-hybridized carbons (Fsp3) is 0.938. The van der Waals surface area contributed by atoms with Gasteiger partial charge < -0.3 is 11.1 Å². The molecule has 4 heteroatoms. The van der Waals surface area contributed by atoms with Crippen LogP contribution in [0.15, 0.2) is 0 Å². The van der Waals surface area contributed by atoms with Gasteiger partial charge in [0.15, 0.2) is 0 Å². The summed E-state index contributed by atoms with van der Waals surface area (Å²) in [5, 5.41) is 3.03. The number of carbonyl (C=O) groups is 1. The van der Waals surface area contributed by atoms with Crippen LogP contribution in [0.1, 0.15) is 59.3 Å². The van der Waals surface area contributed by atoms with Crippen LogP contribution in [0.2, 0.25) is 0 Å². The average Bonchev–Trinajstić information content (AvgIpc) is 2.45. The van der Waals surface area contributed by atoms with Crippen LogP contribution in [0.3, 0.4) is 0 Å². The Morgan fingerprint density at radius 2 is 1.95 bits per heavy atom. The van der Waals surface area contributed by atoms with Gasteiger partial charge in [-0.05, 0) is 31.7 Å². The number of carbonyl (C=O) groups excluding carboxylic acids is 1. The average molecular weight is 283 g/mol. The van der Waals surface area contributed by atoms with Gasteiger partial charge in [0.05, 0.1) is 6.54 Å². The lowest BCUT2D eigenvalue weighted by molar-refractivity contribution is -0.124. The molecular formula is C16H33N3O. The summed E-state index contributed by atoms with van der Waals surface area (Å²) in [6.07, 6.45) is 7.14. The summed E-state index contributed by atoms with van der Waals surface area (Å²) < 4.78 is 0. The maximum atomic E-state index is 12.1. The van der Waals surface area contributed by atoms with E-state index in [4.69, 9.17) is 5.73 Å². The summed E-state index contributed by atoms with van der Waals surface area (Å²) >= 11 is 0. The van der Waals surface area contributed by atoms with Crippen molar-refractivity contribution in [3.05, 3.63) is 0 Å². The van der Waals surface area contributed by atoms with Crippen LogP contribution in [0.25, 0.3) is 0 Å². The Morgan fingerprint density at radius 1 is 1.30 bits per heavy atom. The molecule has 1 rings (SSSR count). The molecule has 0 saturated heterocycles. The fourth-order valence-electron chi connectivity index (χ4n) is 3.16. The molecule has 1 fully saturated rings. The minimum absolute atomic E-state index is 0.0590. The van der Waals surface area contributed by atoms with E-state index in [1.54, 1.807) is 0 Å². The van der Waals surface area contributed by atoms with Crippen LogP contribution in [0.4, 0.5) is 0 Å². The zero-order valence-electron chi connectivity index (χ0n) is 13.6. The van der Waals surface area contributed by atoms with Gasteiger partial charge in [-0.15, -0.1) is 0 Å². The highest BCUT2D eigenvalue weighted by Crippen LogP contribution is 2.32.